The number of thiophene rings is 1. The number of nitrogens with one attached hydrogen (secondary N) is 3. The number of hydrogen-bond donors (Lipinski definition) is 3. The maximum atomic E-state index is 13.1. The van der Waals surface area contributed by atoms with Crippen LogP contribution in [0.5, 0.6) is 0 Å². The van der Waals surface area contributed by atoms with Gasteiger partial charge in [0.2, 0.25) is 0 Å². The van der Waals surface area contributed by atoms with Crippen molar-refractivity contribution in [3.8, 4) is 0 Å². The largest absolute Gasteiger partial charge is 0.383 e. The highest BCUT2D eigenvalue weighted by Gasteiger charge is 2.21. The summed E-state index contributed by atoms with van der Waals surface area (Å²) in [4.78, 5) is 42.5. The average molecular weight is 455 g/mol. The Bertz CT molecular complexity index is 1190. The number of anilines is 2. The van der Waals surface area contributed by atoms with Gasteiger partial charge in [-0.3, -0.25) is 19.1 Å². The second-order valence-electron chi connectivity index (χ2n) is 7.69. The second-order valence-corrected chi connectivity index (χ2v) is 8.82. The Morgan fingerprint density at radius 3 is 2.72 bits per heavy atom. The van der Waals surface area contributed by atoms with E-state index in [0.717, 1.165) is 31.2 Å². The first-order valence-electron chi connectivity index (χ1n) is 10.6. The SMILES string of the molecule is COCCn1c(NC(=O)c2cc3c(s2)CCCC3)c(NCc2ccccc2)c(=O)[nH]c1=O. The fourth-order valence-electron chi connectivity index (χ4n) is 3.82. The van der Waals surface area contributed by atoms with Crippen LogP contribution in [0.4, 0.5) is 11.5 Å². The number of hydrogen-bond acceptors (Lipinski definition) is 6. The van der Waals surface area contributed by atoms with Gasteiger partial charge in [0.25, 0.3) is 11.5 Å². The summed E-state index contributed by atoms with van der Waals surface area (Å²) in [6.45, 7) is 0.797. The lowest BCUT2D eigenvalue weighted by Gasteiger charge is -2.17. The van der Waals surface area contributed by atoms with Gasteiger partial charge in [-0.25, -0.2) is 4.79 Å². The van der Waals surface area contributed by atoms with Crippen molar-refractivity contribution >= 4 is 28.7 Å². The Morgan fingerprint density at radius 1 is 1.19 bits per heavy atom. The van der Waals surface area contributed by atoms with Gasteiger partial charge >= 0.3 is 5.69 Å². The Labute approximate surface area is 189 Å². The van der Waals surface area contributed by atoms with Crippen LogP contribution < -0.4 is 21.9 Å². The van der Waals surface area contributed by atoms with Gasteiger partial charge in [-0.15, -0.1) is 11.3 Å². The van der Waals surface area contributed by atoms with E-state index in [2.05, 4.69) is 15.6 Å². The quantitative estimate of drug-likeness (QED) is 0.485. The van der Waals surface area contributed by atoms with Gasteiger partial charge in [0.05, 0.1) is 18.0 Å². The number of carbonyl (C=O) groups excluding carboxylic acids is 1. The number of amides is 1. The Morgan fingerprint density at radius 2 is 1.97 bits per heavy atom. The molecule has 0 unspecified atom stereocenters. The molecule has 1 amide bonds. The highest BCUT2D eigenvalue weighted by atomic mass is 32.1. The van der Waals surface area contributed by atoms with E-state index < -0.39 is 11.2 Å². The van der Waals surface area contributed by atoms with Gasteiger partial charge < -0.3 is 15.4 Å². The standard InChI is InChI=1S/C23H26N4O4S/c1-31-12-11-27-20(25-21(28)18-13-16-9-5-6-10-17(16)32-18)19(22(29)26-23(27)30)24-14-15-7-3-2-4-8-15/h2-4,7-8,13,24H,5-6,9-12,14H2,1H3,(H,25,28)(H,26,29,30). The molecular weight excluding hydrogens is 428 g/mol. The van der Waals surface area contributed by atoms with Crippen LogP contribution in [-0.4, -0.2) is 29.2 Å². The monoisotopic (exact) mass is 454 g/mol. The number of carbonyl (C=O) groups is 1. The topological polar surface area (TPSA) is 105 Å². The summed E-state index contributed by atoms with van der Waals surface area (Å²) >= 11 is 1.48. The zero-order valence-corrected chi connectivity index (χ0v) is 18.7. The third-order valence-corrected chi connectivity index (χ3v) is 6.72. The smallest absolute Gasteiger partial charge is 0.330 e. The first-order valence-corrected chi connectivity index (χ1v) is 11.4. The molecule has 0 saturated carbocycles. The van der Waals surface area contributed by atoms with Gasteiger partial charge in [-0.05, 0) is 42.9 Å². The molecule has 1 aromatic carbocycles. The van der Waals surface area contributed by atoms with E-state index in [-0.39, 0.29) is 30.6 Å². The molecule has 0 saturated heterocycles. The molecule has 9 heteroatoms. The molecule has 168 valence electrons. The number of methoxy groups -OCH3 is 1. The summed E-state index contributed by atoms with van der Waals surface area (Å²) in [7, 11) is 1.53. The van der Waals surface area contributed by atoms with Crippen molar-refractivity contribution in [2.45, 2.75) is 38.8 Å². The molecule has 0 atom stereocenters. The van der Waals surface area contributed by atoms with E-state index >= 15 is 0 Å². The summed E-state index contributed by atoms with van der Waals surface area (Å²) in [5.74, 6) is -0.188. The highest BCUT2D eigenvalue weighted by molar-refractivity contribution is 7.14. The fourth-order valence-corrected chi connectivity index (χ4v) is 4.97. The lowest BCUT2D eigenvalue weighted by Crippen LogP contribution is -2.36. The summed E-state index contributed by atoms with van der Waals surface area (Å²) in [6.07, 6.45) is 4.23. The van der Waals surface area contributed by atoms with Crippen LogP contribution in [0.2, 0.25) is 0 Å². The zero-order valence-electron chi connectivity index (χ0n) is 17.9. The molecule has 2 heterocycles. The van der Waals surface area contributed by atoms with Crippen molar-refractivity contribution in [2.75, 3.05) is 24.4 Å². The minimum Gasteiger partial charge on any atom is -0.383 e. The second kappa shape index (κ2) is 9.97. The molecule has 0 radical (unpaired) electrons. The van der Waals surface area contributed by atoms with Crippen LogP contribution in [0, 0.1) is 0 Å². The van der Waals surface area contributed by atoms with Crippen molar-refractivity contribution < 1.29 is 9.53 Å². The number of nitrogens with zero attached hydrogens (tertiary/aromatic N) is 1. The normalized spacial score (nSPS) is 12.9. The van der Waals surface area contributed by atoms with Gasteiger partial charge in [-0.1, -0.05) is 30.3 Å². The van der Waals surface area contributed by atoms with Gasteiger partial charge in [-0.2, -0.15) is 0 Å². The fraction of sp³-hybridized carbons (Fsp3) is 0.348. The summed E-state index contributed by atoms with van der Waals surface area (Å²) in [6, 6.07) is 11.5. The first-order chi connectivity index (χ1) is 15.6. The van der Waals surface area contributed by atoms with Gasteiger partial charge in [0.1, 0.15) is 11.5 Å². The molecule has 3 N–H and O–H groups in total. The van der Waals surface area contributed by atoms with E-state index in [1.807, 2.05) is 36.4 Å². The number of ether oxygens (including phenoxy) is 1. The van der Waals surface area contributed by atoms with Crippen molar-refractivity contribution in [1.82, 2.24) is 9.55 Å². The van der Waals surface area contributed by atoms with Crippen LogP contribution in [0.3, 0.4) is 0 Å². The Kier molecular flexibility index (Phi) is 6.87. The highest BCUT2D eigenvalue weighted by Crippen LogP contribution is 2.30. The number of aromatic nitrogens is 2. The van der Waals surface area contributed by atoms with E-state index in [4.69, 9.17) is 4.74 Å². The molecule has 0 fully saturated rings. The van der Waals surface area contributed by atoms with Crippen molar-refractivity contribution in [3.05, 3.63) is 78.1 Å². The van der Waals surface area contributed by atoms with Crippen LogP contribution in [0.1, 0.15) is 38.5 Å². The molecule has 0 spiro atoms. The lowest BCUT2D eigenvalue weighted by molar-refractivity contribution is 0.102. The van der Waals surface area contributed by atoms with Crippen molar-refractivity contribution in [2.24, 2.45) is 0 Å². The predicted octanol–water partition coefficient (Wildman–Crippen LogP) is 2.99. The first kappa shape index (κ1) is 22.0. The maximum absolute atomic E-state index is 13.1. The number of H-pyrrole nitrogens is 1. The van der Waals surface area contributed by atoms with E-state index in [0.29, 0.717) is 11.4 Å². The van der Waals surface area contributed by atoms with E-state index in [1.54, 1.807) is 0 Å². The van der Waals surface area contributed by atoms with Gasteiger partial charge in [0.15, 0.2) is 0 Å². The third kappa shape index (κ3) is 4.84. The van der Waals surface area contributed by atoms with Crippen molar-refractivity contribution in [3.63, 3.8) is 0 Å². The summed E-state index contributed by atoms with van der Waals surface area (Å²) in [5, 5.41) is 5.92. The average Bonchev–Trinajstić information content (AvgIpc) is 3.24. The number of fused-ring (bicyclic) bond motifs is 1. The van der Waals surface area contributed by atoms with Crippen molar-refractivity contribution in [1.29, 1.82) is 0 Å². The molecule has 0 aliphatic heterocycles. The van der Waals surface area contributed by atoms with Crippen LogP contribution in [0.15, 0.2) is 46.0 Å². The lowest BCUT2D eigenvalue weighted by atomic mass is 9.99. The Balaban J connectivity index is 1.68. The number of aromatic amines is 1. The summed E-state index contributed by atoms with van der Waals surface area (Å²) in [5.41, 5.74) is 1.14. The Hall–Kier alpha value is -3.17. The zero-order chi connectivity index (χ0) is 22.5. The molecule has 4 rings (SSSR count). The van der Waals surface area contributed by atoms with Crippen LogP contribution in [-0.2, 0) is 30.7 Å². The van der Waals surface area contributed by atoms with Crippen LogP contribution in [0.25, 0.3) is 0 Å². The molecular formula is C23H26N4O4S. The predicted molar refractivity (Wildman–Crippen MR) is 126 cm³/mol. The minimum atomic E-state index is -0.599. The third-order valence-electron chi connectivity index (χ3n) is 5.48. The molecule has 2 aromatic heterocycles. The van der Waals surface area contributed by atoms with Crippen LogP contribution >= 0.6 is 11.3 Å². The molecule has 32 heavy (non-hydrogen) atoms. The number of benzene rings is 1. The molecule has 8 nitrogen and oxygen atoms in total. The molecule has 1 aliphatic carbocycles. The minimum absolute atomic E-state index is 0.138. The molecule has 1 aliphatic rings. The van der Waals surface area contributed by atoms with E-state index in [1.165, 1.54) is 33.5 Å². The number of rotatable bonds is 8. The maximum Gasteiger partial charge on any atom is 0.330 e. The van der Waals surface area contributed by atoms with Gasteiger partial charge in [0, 0.05) is 18.5 Å². The van der Waals surface area contributed by atoms with E-state index in [9.17, 15) is 14.4 Å². The number of aryl methyl sites for hydroxylation is 2. The summed E-state index contributed by atoms with van der Waals surface area (Å²) < 4.78 is 6.44. The molecule has 3 aromatic rings. The molecule has 0 bridgehead atoms.